The zero-order chi connectivity index (χ0) is 20.1. The maximum atomic E-state index is 12.7. The van der Waals surface area contributed by atoms with Crippen LogP contribution in [0.5, 0.6) is 0 Å². The molecule has 0 aromatic heterocycles. The van der Waals surface area contributed by atoms with Gasteiger partial charge in [0.15, 0.2) is 0 Å². The first-order valence-corrected chi connectivity index (χ1v) is 10.5. The second kappa shape index (κ2) is 8.53. The molecule has 1 saturated heterocycles. The van der Waals surface area contributed by atoms with Crippen LogP contribution in [0.25, 0.3) is 0 Å². The third-order valence-electron chi connectivity index (χ3n) is 4.64. The summed E-state index contributed by atoms with van der Waals surface area (Å²) in [7, 11) is -2.42. The minimum absolute atomic E-state index is 0.120. The molecule has 1 fully saturated rings. The average Bonchev–Trinajstić information content (AvgIpc) is 3.23. The minimum atomic E-state index is -3.77. The number of likely N-dealkylation sites (tertiary alicyclic amines) is 1. The minimum Gasteiger partial charge on any atom is -0.339 e. The van der Waals surface area contributed by atoms with Crippen molar-refractivity contribution >= 4 is 27.5 Å². The molecule has 8 heteroatoms. The van der Waals surface area contributed by atoms with Gasteiger partial charge in [0, 0.05) is 20.1 Å². The smallest absolute Gasteiger partial charge is 0.255 e. The van der Waals surface area contributed by atoms with Crippen LogP contribution in [0.3, 0.4) is 0 Å². The van der Waals surface area contributed by atoms with Crippen molar-refractivity contribution in [1.82, 2.24) is 9.21 Å². The van der Waals surface area contributed by atoms with E-state index in [1.807, 2.05) is 0 Å². The monoisotopic (exact) mass is 401 g/mol. The molecule has 2 amide bonds. The van der Waals surface area contributed by atoms with E-state index in [0.29, 0.717) is 24.3 Å². The van der Waals surface area contributed by atoms with E-state index in [2.05, 4.69) is 5.32 Å². The van der Waals surface area contributed by atoms with Gasteiger partial charge in [0.2, 0.25) is 15.9 Å². The third-order valence-corrected chi connectivity index (χ3v) is 6.46. The summed E-state index contributed by atoms with van der Waals surface area (Å²) in [6.45, 7) is 1.06. The molecule has 0 saturated carbocycles. The second-order valence-electron chi connectivity index (χ2n) is 6.67. The Morgan fingerprint density at radius 3 is 2.29 bits per heavy atom. The number of nitrogens with one attached hydrogen (secondary N) is 1. The fraction of sp³-hybridized carbons (Fsp3) is 0.300. The van der Waals surface area contributed by atoms with Crippen LogP contribution in [0.2, 0.25) is 0 Å². The van der Waals surface area contributed by atoms with Crippen molar-refractivity contribution in [3.05, 3.63) is 60.2 Å². The van der Waals surface area contributed by atoms with Crippen LogP contribution in [0.1, 0.15) is 23.2 Å². The Bertz CT molecular complexity index is 954. The van der Waals surface area contributed by atoms with Crippen molar-refractivity contribution in [3.63, 3.8) is 0 Å². The van der Waals surface area contributed by atoms with Gasteiger partial charge in [-0.1, -0.05) is 30.3 Å². The topological polar surface area (TPSA) is 86.8 Å². The molecule has 0 bridgehead atoms. The number of nitrogens with zero attached hydrogens (tertiary/aromatic N) is 2. The van der Waals surface area contributed by atoms with E-state index in [9.17, 15) is 18.0 Å². The standard InChI is InChI=1S/C20H23N3O4S/c1-22(28(26,27)16-9-3-2-4-10-16)15-19(24)21-18-12-6-5-11-17(18)20(25)23-13-7-8-14-23/h2-6,9-12H,7-8,13-15H2,1H3,(H,21,24). The highest BCUT2D eigenvalue weighted by Gasteiger charge is 2.25. The van der Waals surface area contributed by atoms with Gasteiger partial charge in [-0.25, -0.2) is 8.42 Å². The number of anilines is 1. The van der Waals surface area contributed by atoms with Crippen LogP contribution < -0.4 is 5.32 Å². The summed E-state index contributed by atoms with van der Waals surface area (Å²) in [4.78, 5) is 27.0. The Morgan fingerprint density at radius 2 is 1.61 bits per heavy atom. The van der Waals surface area contributed by atoms with Gasteiger partial charge >= 0.3 is 0 Å². The van der Waals surface area contributed by atoms with Gasteiger partial charge in [-0.05, 0) is 37.1 Å². The molecule has 1 aliphatic rings. The van der Waals surface area contributed by atoms with Crippen LogP contribution in [-0.4, -0.2) is 56.1 Å². The number of carbonyl (C=O) groups excluding carboxylic acids is 2. The first-order valence-electron chi connectivity index (χ1n) is 9.09. The molecule has 7 nitrogen and oxygen atoms in total. The predicted octanol–water partition coefficient (Wildman–Crippen LogP) is 2.18. The van der Waals surface area contributed by atoms with Gasteiger partial charge in [0.25, 0.3) is 5.91 Å². The number of benzene rings is 2. The highest BCUT2D eigenvalue weighted by Crippen LogP contribution is 2.20. The summed E-state index contributed by atoms with van der Waals surface area (Å²) in [6.07, 6.45) is 1.95. The van der Waals surface area contributed by atoms with Gasteiger partial charge in [-0.15, -0.1) is 0 Å². The number of sulfonamides is 1. The molecule has 1 N–H and O–H groups in total. The Labute approximate surface area is 165 Å². The summed E-state index contributed by atoms with van der Waals surface area (Å²) in [6, 6.07) is 14.7. The molecule has 1 heterocycles. The van der Waals surface area contributed by atoms with Crippen molar-refractivity contribution in [2.45, 2.75) is 17.7 Å². The molecule has 0 unspecified atom stereocenters. The predicted molar refractivity (Wildman–Crippen MR) is 106 cm³/mol. The van der Waals surface area contributed by atoms with Gasteiger partial charge in [-0.3, -0.25) is 9.59 Å². The summed E-state index contributed by atoms with van der Waals surface area (Å²) < 4.78 is 26.1. The molecule has 28 heavy (non-hydrogen) atoms. The molecule has 1 aliphatic heterocycles. The number of rotatable bonds is 6. The number of likely N-dealkylation sites (N-methyl/N-ethyl adjacent to an activating group) is 1. The highest BCUT2D eigenvalue weighted by molar-refractivity contribution is 7.89. The molecule has 148 valence electrons. The van der Waals surface area contributed by atoms with Gasteiger partial charge in [0.05, 0.1) is 22.7 Å². The summed E-state index contributed by atoms with van der Waals surface area (Å²) in [5.74, 6) is -0.637. The van der Waals surface area contributed by atoms with Gasteiger partial charge in [0.1, 0.15) is 0 Å². The lowest BCUT2D eigenvalue weighted by molar-refractivity contribution is -0.116. The maximum absolute atomic E-state index is 12.7. The van der Waals surface area contributed by atoms with E-state index >= 15 is 0 Å². The highest BCUT2D eigenvalue weighted by atomic mass is 32.2. The zero-order valence-electron chi connectivity index (χ0n) is 15.7. The van der Waals surface area contributed by atoms with Crippen molar-refractivity contribution in [2.75, 3.05) is 32.0 Å². The Morgan fingerprint density at radius 1 is 1.00 bits per heavy atom. The first kappa shape index (κ1) is 20.0. The van der Waals surface area contributed by atoms with Gasteiger partial charge < -0.3 is 10.2 Å². The second-order valence-corrected chi connectivity index (χ2v) is 8.71. The first-order chi connectivity index (χ1) is 13.4. The largest absolute Gasteiger partial charge is 0.339 e. The molecular weight excluding hydrogens is 378 g/mol. The van der Waals surface area contributed by atoms with Crippen LogP contribution >= 0.6 is 0 Å². The molecule has 2 aromatic carbocycles. The molecule has 3 rings (SSSR count). The lowest BCUT2D eigenvalue weighted by atomic mass is 10.1. The van der Waals surface area contributed by atoms with E-state index in [-0.39, 0.29) is 17.3 Å². The van der Waals surface area contributed by atoms with Crippen molar-refractivity contribution in [1.29, 1.82) is 0 Å². The fourth-order valence-corrected chi connectivity index (χ4v) is 4.27. The van der Waals surface area contributed by atoms with Crippen molar-refractivity contribution in [3.8, 4) is 0 Å². The van der Waals surface area contributed by atoms with Crippen LogP contribution in [0, 0.1) is 0 Å². The van der Waals surface area contributed by atoms with Gasteiger partial charge in [-0.2, -0.15) is 4.31 Å². The summed E-state index contributed by atoms with van der Waals surface area (Å²) in [5.41, 5.74) is 0.793. The summed E-state index contributed by atoms with van der Waals surface area (Å²) in [5, 5.41) is 2.68. The lowest BCUT2D eigenvalue weighted by Crippen LogP contribution is -2.35. The summed E-state index contributed by atoms with van der Waals surface area (Å²) >= 11 is 0. The fourth-order valence-electron chi connectivity index (χ4n) is 3.12. The van der Waals surface area contributed by atoms with Crippen LogP contribution in [-0.2, 0) is 14.8 Å². The lowest BCUT2D eigenvalue weighted by Gasteiger charge is -2.19. The van der Waals surface area contributed by atoms with E-state index in [0.717, 1.165) is 17.1 Å². The van der Waals surface area contributed by atoms with E-state index in [1.54, 1.807) is 47.4 Å². The molecule has 0 aliphatic carbocycles. The normalized spacial score (nSPS) is 14.3. The maximum Gasteiger partial charge on any atom is 0.255 e. The van der Waals surface area contributed by atoms with Crippen LogP contribution in [0.15, 0.2) is 59.5 Å². The quantitative estimate of drug-likeness (QED) is 0.804. The number of carbonyl (C=O) groups is 2. The Balaban J connectivity index is 1.71. The average molecular weight is 401 g/mol. The van der Waals surface area contributed by atoms with Crippen LogP contribution in [0.4, 0.5) is 5.69 Å². The van der Waals surface area contributed by atoms with Crippen molar-refractivity contribution in [2.24, 2.45) is 0 Å². The molecule has 2 aromatic rings. The van der Waals surface area contributed by atoms with E-state index in [4.69, 9.17) is 0 Å². The van der Waals surface area contributed by atoms with Crippen molar-refractivity contribution < 1.29 is 18.0 Å². The SMILES string of the molecule is CN(CC(=O)Nc1ccccc1C(=O)N1CCCC1)S(=O)(=O)c1ccccc1. The Kier molecular flexibility index (Phi) is 6.11. The molecule has 0 atom stereocenters. The Hall–Kier alpha value is -2.71. The molecule has 0 spiro atoms. The number of amides is 2. The zero-order valence-corrected chi connectivity index (χ0v) is 16.5. The van der Waals surface area contributed by atoms with E-state index < -0.39 is 15.9 Å². The van der Waals surface area contributed by atoms with E-state index in [1.165, 1.54) is 19.2 Å². The number of para-hydroxylation sites is 1. The molecular formula is C20H23N3O4S. The number of hydrogen-bond donors (Lipinski definition) is 1. The molecule has 0 radical (unpaired) electrons. The number of hydrogen-bond acceptors (Lipinski definition) is 4. The third kappa shape index (κ3) is 4.40.